The van der Waals surface area contributed by atoms with Crippen molar-refractivity contribution in [1.82, 2.24) is 9.97 Å². The molecule has 0 bridgehead atoms. The van der Waals surface area contributed by atoms with Crippen molar-refractivity contribution in [2.75, 3.05) is 11.1 Å². The molecule has 1 aromatic carbocycles. The fourth-order valence-corrected chi connectivity index (χ4v) is 1.44. The van der Waals surface area contributed by atoms with Crippen molar-refractivity contribution in [3.05, 3.63) is 45.9 Å². The van der Waals surface area contributed by atoms with Crippen LogP contribution < -0.4 is 11.1 Å². The number of anilines is 3. The highest BCUT2D eigenvalue weighted by atomic mass is 19.1. The van der Waals surface area contributed by atoms with Crippen molar-refractivity contribution in [1.29, 1.82) is 5.26 Å². The van der Waals surface area contributed by atoms with Crippen LogP contribution in [0.15, 0.2) is 24.4 Å². The van der Waals surface area contributed by atoms with Crippen molar-refractivity contribution >= 4 is 23.1 Å². The van der Waals surface area contributed by atoms with E-state index in [0.717, 1.165) is 12.3 Å². The lowest BCUT2D eigenvalue weighted by Gasteiger charge is -2.06. The van der Waals surface area contributed by atoms with E-state index in [-0.39, 0.29) is 28.7 Å². The van der Waals surface area contributed by atoms with Crippen LogP contribution in [-0.2, 0) is 0 Å². The molecule has 0 fully saturated rings. The molecular formula is C11H7FN6O2. The lowest BCUT2D eigenvalue weighted by Crippen LogP contribution is -2.04. The molecule has 8 nitrogen and oxygen atoms in total. The fraction of sp³-hybridized carbons (Fsp3) is 0. The van der Waals surface area contributed by atoms with Crippen molar-refractivity contribution in [3.63, 3.8) is 0 Å². The van der Waals surface area contributed by atoms with Crippen LogP contribution in [0, 0.1) is 27.3 Å². The molecule has 0 saturated heterocycles. The zero-order chi connectivity index (χ0) is 14.7. The van der Waals surface area contributed by atoms with Gasteiger partial charge in [0.1, 0.15) is 18.1 Å². The van der Waals surface area contributed by atoms with E-state index in [2.05, 4.69) is 15.3 Å². The molecule has 0 amide bonds. The van der Waals surface area contributed by atoms with Crippen molar-refractivity contribution < 1.29 is 9.31 Å². The van der Waals surface area contributed by atoms with Gasteiger partial charge < -0.3 is 11.1 Å². The van der Waals surface area contributed by atoms with Gasteiger partial charge in [-0.05, 0) is 18.2 Å². The van der Waals surface area contributed by atoms with E-state index in [0.29, 0.717) is 0 Å². The Balaban J connectivity index is 2.42. The first kappa shape index (κ1) is 13.2. The van der Waals surface area contributed by atoms with Gasteiger partial charge in [-0.25, -0.2) is 9.37 Å². The number of aromatic nitrogens is 2. The van der Waals surface area contributed by atoms with Gasteiger partial charge in [0, 0.05) is 5.69 Å². The Kier molecular flexibility index (Phi) is 3.39. The second kappa shape index (κ2) is 5.15. The summed E-state index contributed by atoms with van der Waals surface area (Å²) in [5.41, 5.74) is 5.05. The highest BCUT2D eigenvalue weighted by Crippen LogP contribution is 2.25. The molecular weight excluding hydrogens is 267 g/mol. The third-order valence-corrected chi connectivity index (χ3v) is 2.33. The van der Waals surface area contributed by atoms with Crippen LogP contribution in [0.5, 0.6) is 0 Å². The van der Waals surface area contributed by atoms with E-state index in [9.17, 15) is 14.5 Å². The van der Waals surface area contributed by atoms with Crippen molar-refractivity contribution in [2.24, 2.45) is 0 Å². The minimum Gasteiger partial charge on any atom is -0.368 e. The van der Waals surface area contributed by atoms with Gasteiger partial charge in [0.2, 0.25) is 11.8 Å². The van der Waals surface area contributed by atoms with Crippen LogP contribution in [-0.4, -0.2) is 14.9 Å². The number of hydrogen-bond acceptors (Lipinski definition) is 7. The predicted molar refractivity (Wildman–Crippen MR) is 67.5 cm³/mol. The summed E-state index contributed by atoms with van der Waals surface area (Å²) in [6.07, 6.45) is 0.958. The molecule has 1 aromatic heterocycles. The molecule has 0 aliphatic carbocycles. The summed E-state index contributed by atoms with van der Waals surface area (Å²) in [7, 11) is 0. The molecule has 100 valence electrons. The van der Waals surface area contributed by atoms with E-state index >= 15 is 0 Å². The minimum atomic E-state index is -0.685. The lowest BCUT2D eigenvalue weighted by atomic mass is 10.2. The minimum absolute atomic E-state index is 0.141. The number of benzene rings is 1. The molecule has 20 heavy (non-hydrogen) atoms. The number of nitro groups is 1. The third kappa shape index (κ3) is 2.59. The second-order valence-electron chi connectivity index (χ2n) is 3.65. The number of hydrogen-bond donors (Lipinski definition) is 2. The van der Waals surface area contributed by atoms with Gasteiger partial charge in [-0.2, -0.15) is 10.2 Å². The molecule has 9 heteroatoms. The summed E-state index contributed by atoms with van der Waals surface area (Å²) in [5.74, 6) is -0.978. The summed E-state index contributed by atoms with van der Waals surface area (Å²) >= 11 is 0. The summed E-state index contributed by atoms with van der Waals surface area (Å²) in [5, 5.41) is 22.2. The Morgan fingerprint density at radius 3 is 2.90 bits per heavy atom. The molecule has 0 aliphatic heterocycles. The SMILES string of the molecule is N#Cc1cc(Nc2nc(N)ncc2[N+](=O)[O-])ccc1F. The van der Waals surface area contributed by atoms with Crippen LogP contribution in [0.3, 0.4) is 0 Å². The monoisotopic (exact) mass is 274 g/mol. The predicted octanol–water partition coefficient (Wildman–Crippen LogP) is 1.72. The summed E-state index contributed by atoms with van der Waals surface area (Å²) < 4.78 is 13.2. The molecule has 2 aromatic rings. The molecule has 0 saturated carbocycles. The van der Waals surface area contributed by atoms with Gasteiger partial charge in [0.15, 0.2) is 0 Å². The Labute approximate surface area is 111 Å². The maximum atomic E-state index is 13.2. The standard InChI is InChI=1S/C11H7FN6O2/c12-8-2-1-7(3-6(8)4-13)16-10-9(18(19)20)5-15-11(14)17-10/h1-3,5H,(H3,14,15,16,17). The first-order valence-electron chi connectivity index (χ1n) is 5.25. The topological polar surface area (TPSA) is 131 Å². The van der Waals surface area contributed by atoms with E-state index in [4.69, 9.17) is 11.0 Å². The zero-order valence-electron chi connectivity index (χ0n) is 9.87. The van der Waals surface area contributed by atoms with Gasteiger partial charge in [-0.15, -0.1) is 0 Å². The largest absolute Gasteiger partial charge is 0.368 e. The van der Waals surface area contributed by atoms with Gasteiger partial charge in [-0.3, -0.25) is 10.1 Å². The highest BCUT2D eigenvalue weighted by molar-refractivity contribution is 5.66. The Hall–Kier alpha value is -3.28. The first-order valence-corrected chi connectivity index (χ1v) is 5.25. The maximum Gasteiger partial charge on any atom is 0.329 e. The fourth-order valence-electron chi connectivity index (χ4n) is 1.44. The normalized spacial score (nSPS) is 9.80. The van der Waals surface area contributed by atoms with Gasteiger partial charge >= 0.3 is 5.69 Å². The summed E-state index contributed by atoms with van der Waals surface area (Å²) in [4.78, 5) is 17.4. The molecule has 1 heterocycles. The quantitative estimate of drug-likeness (QED) is 0.643. The molecule has 0 radical (unpaired) electrons. The molecule has 3 N–H and O–H groups in total. The Bertz CT molecular complexity index is 727. The molecule has 0 unspecified atom stereocenters. The number of nitrogen functional groups attached to an aromatic ring is 1. The maximum absolute atomic E-state index is 13.2. The number of nitrogens with zero attached hydrogens (tertiary/aromatic N) is 4. The van der Waals surface area contributed by atoms with Crippen molar-refractivity contribution in [3.8, 4) is 6.07 Å². The highest BCUT2D eigenvalue weighted by Gasteiger charge is 2.17. The van der Waals surface area contributed by atoms with Crippen LogP contribution >= 0.6 is 0 Å². The Morgan fingerprint density at radius 2 is 2.25 bits per heavy atom. The average molecular weight is 274 g/mol. The average Bonchev–Trinajstić information content (AvgIpc) is 2.40. The number of nitriles is 1. The number of nitrogens with one attached hydrogen (secondary N) is 1. The van der Waals surface area contributed by atoms with Crippen LogP contribution in [0.4, 0.5) is 27.5 Å². The van der Waals surface area contributed by atoms with E-state index in [1.807, 2.05) is 0 Å². The second-order valence-corrected chi connectivity index (χ2v) is 3.65. The Morgan fingerprint density at radius 1 is 1.50 bits per heavy atom. The van der Waals surface area contributed by atoms with Gasteiger partial charge in [-0.1, -0.05) is 0 Å². The van der Waals surface area contributed by atoms with Crippen LogP contribution in [0.1, 0.15) is 5.56 Å². The number of halogens is 1. The van der Waals surface area contributed by atoms with E-state index in [1.54, 1.807) is 6.07 Å². The number of rotatable bonds is 3. The molecule has 0 atom stereocenters. The van der Waals surface area contributed by atoms with Crippen molar-refractivity contribution in [2.45, 2.75) is 0 Å². The lowest BCUT2D eigenvalue weighted by molar-refractivity contribution is -0.384. The molecule has 0 aliphatic rings. The van der Waals surface area contributed by atoms with E-state index in [1.165, 1.54) is 12.1 Å². The number of nitrogens with two attached hydrogens (primary N) is 1. The third-order valence-electron chi connectivity index (χ3n) is 2.33. The van der Waals surface area contributed by atoms with Crippen LogP contribution in [0.25, 0.3) is 0 Å². The summed E-state index contributed by atoms with van der Waals surface area (Å²) in [6.45, 7) is 0. The van der Waals surface area contributed by atoms with Gasteiger partial charge in [0.05, 0.1) is 10.5 Å². The first-order chi connectivity index (χ1) is 9.51. The smallest absolute Gasteiger partial charge is 0.329 e. The van der Waals surface area contributed by atoms with Gasteiger partial charge in [0.25, 0.3) is 0 Å². The zero-order valence-corrected chi connectivity index (χ0v) is 9.87. The molecule has 2 rings (SSSR count). The van der Waals surface area contributed by atoms with E-state index < -0.39 is 10.7 Å². The molecule has 0 spiro atoms. The summed E-state index contributed by atoms with van der Waals surface area (Å²) in [6, 6.07) is 5.25. The van der Waals surface area contributed by atoms with Crippen LogP contribution in [0.2, 0.25) is 0 Å².